The molecule has 3 aromatic carbocycles. The lowest BCUT2D eigenvalue weighted by Crippen LogP contribution is -2.60. The van der Waals surface area contributed by atoms with Crippen LogP contribution in [0.3, 0.4) is 0 Å². The minimum atomic E-state index is -2.72. The minimum Gasteiger partial charge on any atom is -0.503 e. The van der Waals surface area contributed by atoms with Crippen molar-refractivity contribution in [3.63, 3.8) is 0 Å². The lowest BCUT2D eigenvalue weighted by molar-refractivity contribution is -0.125. The van der Waals surface area contributed by atoms with Gasteiger partial charge in [0, 0.05) is 10.4 Å². The summed E-state index contributed by atoms with van der Waals surface area (Å²) in [5, 5.41) is 10.6. The maximum absolute atomic E-state index is 15.2. The molecule has 0 bridgehead atoms. The lowest BCUT2D eigenvalue weighted by atomic mass is 9.56. The van der Waals surface area contributed by atoms with Gasteiger partial charge in [0.05, 0.1) is 29.1 Å². The Bertz CT molecular complexity index is 2090. The zero-order chi connectivity index (χ0) is 36.4. The maximum Gasteiger partial charge on any atom is 0.258 e. The predicted molar refractivity (Wildman–Crippen MR) is 175 cm³/mol. The van der Waals surface area contributed by atoms with E-state index in [0.717, 1.165) is 4.90 Å². The fraction of sp³-hybridized carbons (Fsp3) is 0.273. The molecule has 1 N–H and O–H groups in total. The molecule has 4 aliphatic rings. The number of halogens is 9. The summed E-state index contributed by atoms with van der Waals surface area (Å²) >= 11 is 20.8. The highest BCUT2D eigenvalue weighted by atomic mass is 79.9. The molecule has 17 heteroatoms. The van der Waals surface area contributed by atoms with Crippen LogP contribution in [0.5, 0.6) is 11.5 Å². The number of ether oxygens (including phenoxy) is 1. The van der Waals surface area contributed by atoms with Gasteiger partial charge in [-0.15, -0.1) is 23.2 Å². The van der Waals surface area contributed by atoms with Crippen molar-refractivity contribution < 1.29 is 51.0 Å². The fourth-order valence-electron chi connectivity index (χ4n) is 7.70. The summed E-state index contributed by atoms with van der Waals surface area (Å²) in [5.41, 5.74) is -1.31. The van der Waals surface area contributed by atoms with Crippen molar-refractivity contribution in [2.24, 2.45) is 17.8 Å². The number of aromatic hydroxyl groups is 1. The highest BCUT2D eigenvalue weighted by molar-refractivity contribution is 9.10. The molecule has 0 radical (unpaired) electrons. The van der Waals surface area contributed by atoms with Crippen LogP contribution in [0.25, 0.3) is 0 Å². The molecule has 3 aromatic rings. The first kappa shape index (κ1) is 34.9. The van der Waals surface area contributed by atoms with Crippen molar-refractivity contribution in [2.75, 3.05) is 16.9 Å². The number of allylic oxidation sites excluding steroid dienone is 2. The average Bonchev–Trinajstić information content (AvgIpc) is 3.42. The summed E-state index contributed by atoms with van der Waals surface area (Å²) in [6, 6.07) is 8.91. The van der Waals surface area contributed by atoms with Crippen LogP contribution in [0.2, 0.25) is 0 Å². The molecule has 2 aliphatic heterocycles. The van der Waals surface area contributed by atoms with E-state index >= 15 is 8.78 Å². The number of carbonyl (C=O) groups excluding carboxylic acids is 4. The number of rotatable bonds is 4. The SMILES string of the molecule is COc1cc(C2C3=CCC4C(=O)N(c5ccc(Br)cc5)C(=O)C4C3CC3(Cl)C(=O)N(c4c(F)c(F)c(F)c(F)c4F)C(=O)C23Cl)cc(Br)c1O. The average molecular weight is 865 g/mol. The van der Waals surface area contributed by atoms with E-state index in [-0.39, 0.29) is 44.1 Å². The molecule has 260 valence electrons. The summed E-state index contributed by atoms with van der Waals surface area (Å²) in [4.78, 5) is 52.0. The molecule has 0 spiro atoms. The van der Waals surface area contributed by atoms with E-state index in [0.29, 0.717) is 4.47 Å². The number of amides is 4. The number of methoxy groups -OCH3 is 1. The third-order valence-electron chi connectivity index (χ3n) is 9.91. The van der Waals surface area contributed by atoms with Gasteiger partial charge in [-0.3, -0.25) is 24.1 Å². The van der Waals surface area contributed by atoms with Crippen molar-refractivity contribution in [1.29, 1.82) is 0 Å². The number of phenolic OH excluding ortho intramolecular Hbond substituents is 1. The maximum atomic E-state index is 15.2. The monoisotopic (exact) mass is 862 g/mol. The van der Waals surface area contributed by atoms with Crippen LogP contribution in [-0.2, 0) is 19.2 Å². The highest BCUT2D eigenvalue weighted by Gasteiger charge is 2.77. The zero-order valence-electron chi connectivity index (χ0n) is 25.0. The number of anilines is 2. The van der Waals surface area contributed by atoms with E-state index in [4.69, 9.17) is 27.9 Å². The van der Waals surface area contributed by atoms with Crippen molar-refractivity contribution in [1.82, 2.24) is 0 Å². The van der Waals surface area contributed by atoms with Gasteiger partial charge in [0.15, 0.2) is 44.5 Å². The molecule has 2 aliphatic carbocycles. The van der Waals surface area contributed by atoms with Crippen molar-refractivity contribution >= 4 is 90.1 Å². The number of hydrogen-bond acceptors (Lipinski definition) is 6. The van der Waals surface area contributed by atoms with Crippen LogP contribution in [0.1, 0.15) is 24.3 Å². The Kier molecular flexibility index (Phi) is 8.20. The van der Waals surface area contributed by atoms with E-state index in [9.17, 15) is 37.5 Å². The minimum absolute atomic E-state index is 0.0191. The Morgan fingerprint density at radius 1 is 0.840 bits per heavy atom. The Morgan fingerprint density at radius 3 is 2.04 bits per heavy atom. The molecule has 7 rings (SSSR count). The third kappa shape index (κ3) is 4.45. The van der Waals surface area contributed by atoms with Gasteiger partial charge in [0.1, 0.15) is 5.69 Å². The van der Waals surface area contributed by atoms with E-state index in [1.165, 1.54) is 19.2 Å². The number of phenols is 1. The molecule has 6 unspecified atom stereocenters. The van der Waals surface area contributed by atoms with Crippen LogP contribution in [0.15, 0.2) is 57.0 Å². The second kappa shape index (κ2) is 11.8. The highest BCUT2D eigenvalue weighted by Crippen LogP contribution is 2.66. The van der Waals surface area contributed by atoms with Gasteiger partial charge in [-0.25, -0.2) is 26.9 Å². The lowest BCUT2D eigenvalue weighted by Gasteiger charge is -2.50. The first-order chi connectivity index (χ1) is 23.5. The second-order valence-corrected chi connectivity index (χ2v) is 15.2. The molecule has 2 saturated heterocycles. The molecule has 50 heavy (non-hydrogen) atoms. The first-order valence-electron chi connectivity index (χ1n) is 14.7. The van der Waals surface area contributed by atoms with Crippen LogP contribution in [0.4, 0.5) is 33.3 Å². The smallest absolute Gasteiger partial charge is 0.258 e. The number of nitrogens with zero attached hydrogens (tertiary/aromatic N) is 2. The number of imide groups is 2. The fourth-order valence-corrected chi connectivity index (χ4v) is 9.36. The molecule has 3 fully saturated rings. The number of fused-ring (bicyclic) bond motifs is 4. The Labute approximate surface area is 306 Å². The summed E-state index contributed by atoms with van der Waals surface area (Å²) in [6.45, 7) is 0. The van der Waals surface area contributed by atoms with Gasteiger partial charge in [0.2, 0.25) is 17.6 Å². The van der Waals surface area contributed by atoms with Crippen molar-refractivity contribution in [3.8, 4) is 11.5 Å². The number of hydrogen-bond donors (Lipinski definition) is 1. The van der Waals surface area contributed by atoms with E-state index in [1.54, 1.807) is 30.3 Å². The van der Waals surface area contributed by atoms with E-state index in [1.807, 2.05) is 0 Å². The Hall–Kier alpha value is -3.53. The molecule has 2 heterocycles. The van der Waals surface area contributed by atoms with Crippen LogP contribution >= 0.6 is 55.1 Å². The largest absolute Gasteiger partial charge is 0.503 e. The van der Waals surface area contributed by atoms with Crippen molar-refractivity contribution in [3.05, 3.63) is 91.6 Å². The quantitative estimate of drug-likeness (QED) is 0.0734. The standard InChI is InChI=1S/C33H19Br2Cl2F5N2O6/c1-50-18-9-11(8-17(35)27(18)45)20-14-6-7-15-19(29(47)43(28(15)46)13-4-2-12(34)3-5-13)16(14)10-32(36)30(48)44(31(49)33(20,32)37)26-24(41)22(39)21(38)23(40)25(26)42/h2-6,8-9,15-16,19-20,45H,7,10H2,1H3. The van der Waals surface area contributed by atoms with Gasteiger partial charge in [0.25, 0.3) is 11.8 Å². The number of carbonyl (C=O) groups is 4. The molecule has 0 aromatic heterocycles. The van der Waals surface area contributed by atoms with Crippen LogP contribution in [-0.4, -0.2) is 45.6 Å². The molecule has 1 saturated carbocycles. The van der Waals surface area contributed by atoms with Gasteiger partial charge >= 0.3 is 0 Å². The Balaban J connectivity index is 1.45. The number of alkyl halides is 2. The molecule has 8 nitrogen and oxygen atoms in total. The molecule has 4 amide bonds. The van der Waals surface area contributed by atoms with E-state index in [2.05, 4.69) is 31.9 Å². The van der Waals surface area contributed by atoms with Gasteiger partial charge < -0.3 is 9.84 Å². The molecular formula is C33H19Br2Cl2F5N2O6. The van der Waals surface area contributed by atoms with Crippen LogP contribution in [0, 0.1) is 46.8 Å². The zero-order valence-corrected chi connectivity index (χ0v) is 29.7. The van der Waals surface area contributed by atoms with Gasteiger partial charge in [-0.2, -0.15) is 0 Å². The van der Waals surface area contributed by atoms with E-state index < -0.39 is 98.2 Å². The van der Waals surface area contributed by atoms with Gasteiger partial charge in [-0.1, -0.05) is 27.6 Å². The summed E-state index contributed by atoms with van der Waals surface area (Å²) < 4.78 is 79.4. The normalized spacial score (nSPS) is 28.9. The molecular weight excluding hydrogens is 846 g/mol. The van der Waals surface area contributed by atoms with Crippen LogP contribution < -0.4 is 14.5 Å². The third-order valence-corrected chi connectivity index (χ3v) is 12.5. The number of benzene rings is 3. The summed E-state index contributed by atoms with van der Waals surface area (Å²) in [6.07, 6.45) is 0.883. The second-order valence-electron chi connectivity index (χ2n) is 12.2. The van der Waals surface area contributed by atoms with Crippen molar-refractivity contribution in [2.45, 2.75) is 28.5 Å². The Morgan fingerprint density at radius 2 is 1.44 bits per heavy atom. The predicted octanol–water partition coefficient (Wildman–Crippen LogP) is 7.39. The summed E-state index contributed by atoms with van der Waals surface area (Å²) in [5.74, 6) is -22.0. The molecule has 6 atom stereocenters. The first-order valence-corrected chi connectivity index (χ1v) is 17.0. The topological polar surface area (TPSA) is 104 Å². The van der Waals surface area contributed by atoms with Gasteiger partial charge in [-0.05, 0) is 76.7 Å². The summed E-state index contributed by atoms with van der Waals surface area (Å²) in [7, 11) is 1.22.